The van der Waals surface area contributed by atoms with Crippen molar-refractivity contribution in [3.05, 3.63) is 42.0 Å². The molecule has 184 valence electrons. The van der Waals surface area contributed by atoms with Gasteiger partial charge in [0.25, 0.3) is 0 Å². The quantitative estimate of drug-likeness (QED) is 0.492. The van der Waals surface area contributed by atoms with Crippen LogP contribution in [-0.2, 0) is 16.1 Å². The summed E-state index contributed by atoms with van der Waals surface area (Å²) in [6, 6.07) is 3.58. The number of β-amino-alcohol motifs (C(OH)–C–C–N with tert-alkyl or cyclic N) is 1. The van der Waals surface area contributed by atoms with Crippen LogP contribution in [0, 0.1) is 11.2 Å². The van der Waals surface area contributed by atoms with Crippen molar-refractivity contribution in [1.82, 2.24) is 30.5 Å². The highest BCUT2D eigenvalue weighted by atomic mass is 19.1. The van der Waals surface area contributed by atoms with Crippen LogP contribution in [0.25, 0.3) is 0 Å². The lowest BCUT2D eigenvalue weighted by Crippen LogP contribution is -2.49. The average molecular weight is 476 g/mol. The maximum Gasteiger partial charge on any atom is 0.319 e. The van der Waals surface area contributed by atoms with Crippen LogP contribution < -0.4 is 16.0 Å². The summed E-state index contributed by atoms with van der Waals surface area (Å²) in [4.78, 5) is 39.3. The van der Waals surface area contributed by atoms with Gasteiger partial charge in [0.05, 0.1) is 24.5 Å². The summed E-state index contributed by atoms with van der Waals surface area (Å²) in [5, 5.41) is 25.7. The van der Waals surface area contributed by atoms with Crippen molar-refractivity contribution in [3.8, 4) is 0 Å². The molecule has 0 radical (unpaired) electrons. The van der Waals surface area contributed by atoms with Crippen LogP contribution in [-0.4, -0.2) is 68.6 Å². The van der Waals surface area contributed by atoms with Crippen molar-refractivity contribution < 1.29 is 23.9 Å². The summed E-state index contributed by atoms with van der Waals surface area (Å²) in [5.41, 5.74) is -0.172. The highest BCUT2D eigenvalue weighted by molar-refractivity contribution is 5.90. The normalized spacial score (nSPS) is 18.9. The Morgan fingerprint density at radius 2 is 1.97 bits per heavy atom. The number of nitrogens with one attached hydrogen (secondary N) is 3. The second-order valence-corrected chi connectivity index (χ2v) is 9.26. The van der Waals surface area contributed by atoms with E-state index in [1.807, 2.05) is 20.8 Å². The highest BCUT2D eigenvalue weighted by Gasteiger charge is 2.45. The van der Waals surface area contributed by atoms with Crippen LogP contribution in [0.5, 0.6) is 0 Å². The van der Waals surface area contributed by atoms with E-state index in [4.69, 9.17) is 0 Å². The third-order valence-corrected chi connectivity index (χ3v) is 5.54. The number of nitrogens with zero attached hydrogens (tertiary/aromatic N) is 4. The topological polar surface area (TPSA) is 141 Å². The predicted molar refractivity (Wildman–Crippen MR) is 121 cm³/mol. The van der Waals surface area contributed by atoms with E-state index in [-0.39, 0.29) is 37.0 Å². The van der Waals surface area contributed by atoms with Gasteiger partial charge < -0.3 is 26.0 Å². The molecule has 1 aliphatic rings. The zero-order chi connectivity index (χ0) is 25.0. The molecule has 0 unspecified atom stereocenters. The maximum atomic E-state index is 13.7. The maximum absolute atomic E-state index is 13.7. The molecule has 11 nitrogen and oxygen atoms in total. The third kappa shape index (κ3) is 5.68. The van der Waals surface area contributed by atoms with Crippen LogP contribution in [0.3, 0.4) is 0 Å². The minimum absolute atomic E-state index is 0.00532. The average Bonchev–Trinajstić information content (AvgIpc) is 3.39. The van der Waals surface area contributed by atoms with Crippen molar-refractivity contribution in [2.24, 2.45) is 5.41 Å². The number of carbonyl (C=O) groups excluding carboxylic acids is 3. The summed E-state index contributed by atoms with van der Waals surface area (Å²) >= 11 is 0. The minimum Gasteiger partial charge on any atom is -0.391 e. The van der Waals surface area contributed by atoms with Gasteiger partial charge in [-0.15, -0.1) is 5.10 Å². The third-order valence-electron chi connectivity index (χ3n) is 5.54. The number of carbonyl (C=O) groups is 3. The number of anilines is 1. The predicted octanol–water partition coefficient (Wildman–Crippen LogP) is 1.03. The molecule has 4 N–H and O–H groups in total. The number of benzene rings is 1. The van der Waals surface area contributed by atoms with Gasteiger partial charge in [-0.1, -0.05) is 38.1 Å². The molecule has 1 aromatic carbocycles. The number of amides is 4. The van der Waals surface area contributed by atoms with E-state index >= 15 is 0 Å². The summed E-state index contributed by atoms with van der Waals surface area (Å²) < 4.78 is 15.1. The lowest BCUT2D eigenvalue weighted by atomic mass is 9.85. The molecule has 0 aliphatic carbocycles. The van der Waals surface area contributed by atoms with Gasteiger partial charge in [0, 0.05) is 20.0 Å². The second-order valence-electron chi connectivity index (χ2n) is 9.26. The Balaban J connectivity index is 1.72. The Labute approximate surface area is 196 Å². The molecule has 1 aliphatic heterocycles. The van der Waals surface area contributed by atoms with E-state index in [0.29, 0.717) is 5.69 Å². The number of para-hydroxylation sites is 1. The van der Waals surface area contributed by atoms with Crippen molar-refractivity contribution in [3.63, 3.8) is 0 Å². The van der Waals surface area contributed by atoms with Crippen LogP contribution in [0.4, 0.5) is 14.9 Å². The number of hydrogen-bond donors (Lipinski definition) is 4. The number of rotatable bonds is 6. The molecule has 0 bridgehead atoms. The zero-order valence-corrected chi connectivity index (χ0v) is 19.6. The number of likely N-dealkylation sites (tertiary alicyclic amines) is 1. The molecular formula is C22H30FN7O4. The largest absolute Gasteiger partial charge is 0.391 e. The molecule has 4 amide bonds. The van der Waals surface area contributed by atoms with E-state index < -0.39 is 35.5 Å². The highest BCUT2D eigenvalue weighted by Crippen LogP contribution is 2.34. The number of aliphatic hydroxyl groups is 1. The molecule has 1 aromatic heterocycles. The molecular weight excluding hydrogens is 445 g/mol. The van der Waals surface area contributed by atoms with Gasteiger partial charge in [0.15, 0.2) is 0 Å². The molecule has 12 heteroatoms. The van der Waals surface area contributed by atoms with E-state index in [1.165, 1.54) is 34.8 Å². The lowest BCUT2D eigenvalue weighted by molar-refractivity contribution is -0.144. The smallest absolute Gasteiger partial charge is 0.319 e. The Kier molecular flexibility index (Phi) is 7.50. The Morgan fingerprint density at radius 3 is 2.62 bits per heavy atom. The van der Waals surface area contributed by atoms with E-state index in [1.54, 1.807) is 12.3 Å². The minimum atomic E-state index is -0.807. The molecule has 3 atom stereocenters. The number of halogens is 1. The first-order valence-corrected chi connectivity index (χ1v) is 10.9. The number of urea groups is 1. The van der Waals surface area contributed by atoms with E-state index in [9.17, 15) is 23.9 Å². The fraction of sp³-hybridized carbons (Fsp3) is 0.500. The summed E-state index contributed by atoms with van der Waals surface area (Å²) in [6.45, 7) is 5.62. The van der Waals surface area contributed by atoms with Gasteiger partial charge in [-0.05, 0) is 17.5 Å². The molecule has 34 heavy (non-hydrogen) atoms. The first-order chi connectivity index (χ1) is 16.0. The monoisotopic (exact) mass is 475 g/mol. The first kappa shape index (κ1) is 25.1. The van der Waals surface area contributed by atoms with E-state index in [0.717, 1.165) is 0 Å². The molecule has 1 saturated heterocycles. The van der Waals surface area contributed by atoms with Gasteiger partial charge in [-0.3, -0.25) is 9.59 Å². The van der Waals surface area contributed by atoms with Crippen LogP contribution in [0.2, 0.25) is 0 Å². The van der Waals surface area contributed by atoms with Crippen LogP contribution in [0.1, 0.15) is 38.9 Å². The zero-order valence-electron chi connectivity index (χ0n) is 19.6. The van der Waals surface area contributed by atoms with E-state index in [2.05, 4.69) is 26.3 Å². The van der Waals surface area contributed by atoms with Crippen LogP contribution in [0.15, 0.2) is 30.5 Å². The van der Waals surface area contributed by atoms with Crippen molar-refractivity contribution in [2.45, 2.75) is 51.9 Å². The van der Waals surface area contributed by atoms with Crippen molar-refractivity contribution in [2.75, 3.05) is 18.9 Å². The fourth-order valence-electron chi connectivity index (χ4n) is 3.93. The fourth-order valence-corrected chi connectivity index (χ4v) is 3.93. The standard InChI is InChI=1S/C22H30FN7O4/c1-22(2,3)18(20(33)29-12-14(31)9-17(29)19(32)24-4)30-11-13(27-28-30)10-25-21(34)26-16-8-6-5-7-15(16)23/h5-8,11,14,17-18,31H,9-10,12H2,1-4H3,(H,24,32)(H2,25,26,34)/t14-,17+,18-/m1/s1. The van der Waals surface area contributed by atoms with Crippen molar-refractivity contribution in [1.29, 1.82) is 0 Å². The van der Waals surface area contributed by atoms with Crippen LogP contribution >= 0.6 is 0 Å². The molecule has 2 aromatic rings. The van der Waals surface area contributed by atoms with Gasteiger partial charge in [-0.2, -0.15) is 0 Å². The lowest BCUT2D eigenvalue weighted by Gasteiger charge is -2.34. The second kappa shape index (κ2) is 10.2. The Bertz CT molecular complexity index is 1050. The summed E-state index contributed by atoms with van der Waals surface area (Å²) in [6.07, 6.45) is 0.903. The number of aromatic nitrogens is 3. The molecule has 2 heterocycles. The van der Waals surface area contributed by atoms with Crippen molar-refractivity contribution >= 4 is 23.5 Å². The Morgan fingerprint density at radius 1 is 1.26 bits per heavy atom. The molecule has 0 spiro atoms. The Hall–Kier alpha value is -3.54. The molecule has 3 rings (SSSR count). The summed E-state index contributed by atoms with van der Waals surface area (Å²) in [5.74, 6) is -1.27. The first-order valence-electron chi connectivity index (χ1n) is 10.9. The van der Waals surface area contributed by atoms with Gasteiger partial charge >= 0.3 is 6.03 Å². The van der Waals surface area contributed by atoms with Gasteiger partial charge in [0.2, 0.25) is 11.8 Å². The molecule has 1 fully saturated rings. The van der Waals surface area contributed by atoms with Gasteiger partial charge in [0.1, 0.15) is 23.6 Å². The number of likely N-dealkylation sites (N-methyl/N-ethyl adjacent to an activating group) is 1. The summed E-state index contributed by atoms with van der Waals surface area (Å²) in [7, 11) is 1.48. The number of hydrogen-bond acceptors (Lipinski definition) is 6. The molecule has 0 saturated carbocycles. The number of aliphatic hydroxyl groups excluding tert-OH is 1. The van der Waals surface area contributed by atoms with Gasteiger partial charge in [-0.25, -0.2) is 13.9 Å². The SMILES string of the molecule is CNC(=O)[C@@H]1C[C@@H](O)CN1C(=O)[C@@H](n1cc(CNC(=O)Nc2ccccc2F)nn1)C(C)(C)C.